The molecule has 2 heteroatoms. The van der Waals surface area contributed by atoms with Crippen molar-refractivity contribution in [3.8, 4) is 5.75 Å². The summed E-state index contributed by atoms with van der Waals surface area (Å²) in [5.41, 5.74) is 2.38. The van der Waals surface area contributed by atoms with E-state index in [2.05, 4.69) is 20.8 Å². The molecule has 90 valence electrons. The second kappa shape index (κ2) is 6.54. The summed E-state index contributed by atoms with van der Waals surface area (Å²) in [6.45, 7) is 7.39. The van der Waals surface area contributed by atoms with Crippen LogP contribution < -0.4 is 4.74 Å². The van der Waals surface area contributed by atoms with Crippen LogP contribution in [-0.2, 0) is 6.42 Å². The molecule has 0 radical (unpaired) electrons. The zero-order valence-corrected chi connectivity index (χ0v) is 10.5. The van der Waals surface area contributed by atoms with Crippen LogP contribution in [0.3, 0.4) is 0 Å². The Morgan fingerprint density at radius 1 is 1.38 bits per heavy atom. The molecule has 0 aromatic heterocycles. The van der Waals surface area contributed by atoms with Gasteiger partial charge in [0.25, 0.3) is 0 Å². The van der Waals surface area contributed by atoms with Gasteiger partial charge in [-0.3, -0.25) is 0 Å². The predicted molar refractivity (Wildman–Crippen MR) is 66.9 cm³/mol. The second-order valence-corrected chi connectivity index (χ2v) is 4.39. The Hall–Kier alpha value is -1.02. The largest absolute Gasteiger partial charge is 0.493 e. The average molecular weight is 222 g/mol. The number of aliphatic hydroxyl groups excluding tert-OH is 1. The van der Waals surface area contributed by atoms with Crippen LogP contribution in [0.2, 0.25) is 0 Å². The zero-order valence-electron chi connectivity index (χ0n) is 10.5. The standard InChI is InChI=1S/C14H22O2/c1-4-11(2)10-16-14-6-5-13(7-8-15)12(3)9-14/h5-6,9,11,15H,4,7-8,10H2,1-3H3. The van der Waals surface area contributed by atoms with Gasteiger partial charge in [-0.1, -0.05) is 26.3 Å². The first-order chi connectivity index (χ1) is 7.67. The number of hydrogen-bond acceptors (Lipinski definition) is 2. The Labute approximate surface area is 98.3 Å². The van der Waals surface area contributed by atoms with Gasteiger partial charge in [-0.2, -0.15) is 0 Å². The summed E-state index contributed by atoms with van der Waals surface area (Å²) in [5, 5.41) is 8.89. The van der Waals surface area contributed by atoms with E-state index in [-0.39, 0.29) is 6.61 Å². The highest BCUT2D eigenvalue weighted by atomic mass is 16.5. The molecule has 1 atom stereocenters. The molecule has 16 heavy (non-hydrogen) atoms. The number of aliphatic hydroxyl groups is 1. The van der Waals surface area contributed by atoms with Gasteiger partial charge in [0.15, 0.2) is 0 Å². The lowest BCUT2D eigenvalue weighted by Crippen LogP contribution is -2.07. The third kappa shape index (κ3) is 3.86. The van der Waals surface area contributed by atoms with E-state index >= 15 is 0 Å². The van der Waals surface area contributed by atoms with E-state index in [4.69, 9.17) is 9.84 Å². The molecule has 0 amide bonds. The van der Waals surface area contributed by atoms with E-state index < -0.39 is 0 Å². The van der Waals surface area contributed by atoms with Crippen molar-refractivity contribution < 1.29 is 9.84 Å². The fourth-order valence-electron chi connectivity index (χ4n) is 1.52. The first-order valence-electron chi connectivity index (χ1n) is 6.00. The summed E-state index contributed by atoms with van der Waals surface area (Å²) in [6.07, 6.45) is 1.86. The smallest absolute Gasteiger partial charge is 0.119 e. The molecule has 1 rings (SSSR count). The maximum Gasteiger partial charge on any atom is 0.119 e. The molecule has 0 aliphatic heterocycles. The number of hydrogen-bond donors (Lipinski definition) is 1. The highest BCUT2D eigenvalue weighted by Crippen LogP contribution is 2.18. The van der Waals surface area contributed by atoms with Crippen LogP contribution in [-0.4, -0.2) is 18.3 Å². The molecule has 0 spiro atoms. The number of ether oxygens (including phenoxy) is 1. The molecule has 1 unspecified atom stereocenters. The molecule has 1 aromatic carbocycles. The van der Waals surface area contributed by atoms with Crippen molar-refractivity contribution in [3.63, 3.8) is 0 Å². The van der Waals surface area contributed by atoms with Crippen molar-refractivity contribution in [2.75, 3.05) is 13.2 Å². The van der Waals surface area contributed by atoms with Gasteiger partial charge in [0, 0.05) is 6.61 Å². The third-order valence-corrected chi connectivity index (χ3v) is 2.93. The molecule has 0 aliphatic carbocycles. The molecule has 0 saturated carbocycles. The third-order valence-electron chi connectivity index (χ3n) is 2.93. The Morgan fingerprint density at radius 2 is 2.12 bits per heavy atom. The highest BCUT2D eigenvalue weighted by molar-refractivity contribution is 5.34. The van der Waals surface area contributed by atoms with Crippen molar-refractivity contribution in [3.05, 3.63) is 29.3 Å². The van der Waals surface area contributed by atoms with E-state index in [9.17, 15) is 0 Å². The second-order valence-electron chi connectivity index (χ2n) is 4.39. The van der Waals surface area contributed by atoms with Gasteiger partial charge in [-0.15, -0.1) is 0 Å². The zero-order chi connectivity index (χ0) is 12.0. The van der Waals surface area contributed by atoms with Crippen LogP contribution in [0.25, 0.3) is 0 Å². The predicted octanol–water partition coefficient (Wildman–Crippen LogP) is 2.95. The molecular formula is C14H22O2. The van der Waals surface area contributed by atoms with Gasteiger partial charge in [-0.05, 0) is 42.5 Å². The molecule has 1 aromatic rings. The summed E-state index contributed by atoms with van der Waals surface area (Å²) < 4.78 is 5.71. The maximum absolute atomic E-state index is 8.89. The fourth-order valence-corrected chi connectivity index (χ4v) is 1.52. The highest BCUT2D eigenvalue weighted by Gasteiger charge is 2.03. The minimum Gasteiger partial charge on any atom is -0.493 e. The van der Waals surface area contributed by atoms with Crippen LogP contribution in [0.1, 0.15) is 31.4 Å². The lowest BCUT2D eigenvalue weighted by Gasteiger charge is -2.12. The summed E-state index contributed by atoms with van der Waals surface area (Å²) in [7, 11) is 0. The molecule has 0 heterocycles. The number of aryl methyl sites for hydroxylation is 1. The van der Waals surface area contributed by atoms with Crippen molar-refractivity contribution >= 4 is 0 Å². The van der Waals surface area contributed by atoms with E-state index in [0.29, 0.717) is 5.92 Å². The van der Waals surface area contributed by atoms with Crippen LogP contribution in [0, 0.1) is 12.8 Å². The lowest BCUT2D eigenvalue weighted by molar-refractivity contribution is 0.256. The van der Waals surface area contributed by atoms with Gasteiger partial charge in [-0.25, -0.2) is 0 Å². The number of rotatable bonds is 6. The topological polar surface area (TPSA) is 29.5 Å². The normalized spacial score (nSPS) is 12.5. The fraction of sp³-hybridized carbons (Fsp3) is 0.571. The van der Waals surface area contributed by atoms with E-state index in [1.54, 1.807) is 0 Å². The minimum atomic E-state index is 0.202. The first-order valence-corrected chi connectivity index (χ1v) is 6.00. The molecule has 2 nitrogen and oxygen atoms in total. The molecule has 0 saturated heterocycles. The van der Waals surface area contributed by atoms with Gasteiger partial charge in [0.05, 0.1) is 6.61 Å². The number of benzene rings is 1. The van der Waals surface area contributed by atoms with Gasteiger partial charge < -0.3 is 9.84 Å². The van der Waals surface area contributed by atoms with Crippen molar-refractivity contribution in [1.29, 1.82) is 0 Å². The quantitative estimate of drug-likeness (QED) is 0.802. The Bertz CT molecular complexity index is 321. The summed E-state index contributed by atoms with van der Waals surface area (Å²) in [4.78, 5) is 0. The summed E-state index contributed by atoms with van der Waals surface area (Å²) in [6, 6.07) is 6.07. The molecule has 0 aliphatic rings. The van der Waals surface area contributed by atoms with Crippen LogP contribution in [0.5, 0.6) is 5.75 Å². The van der Waals surface area contributed by atoms with E-state index in [1.165, 1.54) is 11.1 Å². The molecule has 0 fully saturated rings. The summed E-state index contributed by atoms with van der Waals surface area (Å²) >= 11 is 0. The van der Waals surface area contributed by atoms with E-state index in [1.807, 2.05) is 18.2 Å². The minimum absolute atomic E-state index is 0.202. The summed E-state index contributed by atoms with van der Waals surface area (Å²) in [5.74, 6) is 1.52. The average Bonchev–Trinajstić information content (AvgIpc) is 2.29. The molecular weight excluding hydrogens is 200 g/mol. The van der Waals surface area contributed by atoms with Crippen molar-refractivity contribution in [2.45, 2.75) is 33.6 Å². The van der Waals surface area contributed by atoms with Crippen LogP contribution in [0.15, 0.2) is 18.2 Å². The van der Waals surface area contributed by atoms with Gasteiger partial charge in [0.1, 0.15) is 5.75 Å². The molecule has 1 N–H and O–H groups in total. The Kier molecular flexibility index (Phi) is 5.33. The monoisotopic (exact) mass is 222 g/mol. The van der Waals surface area contributed by atoms with Gasteiger partial charge >= 0.3 is 0 Å². The maximum atomic E-state index is 8.89. The van der Waals surface area contributed by atoms with Crippen molar-refractivity contribution in [1.82, 2.24) is 0 Å². The SMILES string of the molecule is CCC(C)COc1ccc(CCO)c(C)c1. The van der Waals surface area contributed by atoms with Crippen LogP contribution in [0.4, 0.5) is 0 Å². The lowest BCUT2D eigenvalue weighted by atomic mass is 10.1. The first kappa shape index (κ1) is 13.0. The van der Waals surface area contributed by atoms with Crippen LogP contribution >= 0.6 is 0 Å². The van der Waals surface area contributed by atoms with Crippen molar-refractivity contribution in [2.24, 2.45) is 5.92 Å². The Balaban J connectivity index is 2.59. The Morgan fingerprint density at radius 3 is 2.69 bits per heavy atom. The molecule has 0 bridgehead atoms. The van der Waals surface area contributed by atoms with E-state index in [0.717, 1.165) is 25.2 Å². The van der Waals surface area contributed by atoms with Gasteiger partial charge in [0.2, 0.25) is 0 Å².